The van der Waals surface area contributed by atoms with E-state index in [2.05, 4.69) is 31.4 Å². The second kappa shape index (κ2) is 9.50. The summed E-state index contributed by atoms with van der Waals surface area (Å²) in [6, 6.07) is 2.83. The number of pyridine rings is 1. The lowest BCUT2D eigenvalue weighted by molar-refractivity contribution is -0.258. The van der Waals surface area contributed by atoms with Crippen LogP contribution in [0.4, 0.5) is 26.3 Å². The molecule has 0 aromatic carbocycles. The maximum atomic E-state index is 14.4. The fraction of sp³-hybridized carbons (Fsp3) is 0.421. The summed E-state index contributed by atoms with van der Waals surface area (Å²) in [5.74, 6) is -3.08. The first-order valence-corrected chi connectivity index (χ1v) is 8.96. The zero-order chi connectivity index (χ0) is 23.4. The lowest BCUT2D eigenvalue weighted by Crippen LogP contribution is -2.24. The van der Waals surface area contributed by atoms with Crippen LogP contribution in [0.15, 0.2) is 41.1 Å². The molecule has 0 saturated carbocycles. The van der Waals surface area contributed by atoms with Crippen LogP contribution < -0.4 is 0 Å². The van der Waals surface area contributed by atoms with E-state index in [4.69, 9.17) is 0 Å². The van der Waals surface area contributed by atoms with Crippen molar-refractivity contribution in [2.45, 2.75) is 33.1 Å². The highest BCUT2D eigenvalue weighted by Crippen LogP contribution is 2.30. The minimum atomic E-state index is -4.69. The summed E-state index contributed by atoms with van der Waals surface area (Å²) in [4.78, 5) is 3.11. The summed E-state index contributed by atoms with van der Waals surface area (Å²) in [6.45, 7) is 5.84. The molecule has 0 unspecified atom stereocenters. The number of halogens is 6. The Bertz CT molecular complexity index is 995. The zero-order valence-electron chi connectivity index (χ0n) is 16.9. The molecule has 2 rings (SSSR count). The van der Waals surface area contributed by atoms with Crippen LogP contribution in [0.2, 0.25) is 0 Å². The molecule has 0 spiro atoms. The van der Waals surface area contributed by atoms with E-state index in [-0.39, 0.29) is 29.3 Å². The summed E-state index contributed by atoms with van der Waals surface area (Å²) in [6.07, 6.45) is -6.34. The molecule has 0 bridgehead atoms. The molecule has 0 N–H and O–H groups in total. The normalized spacial score (nSPS) is 14.2. The van der Waals surface area contributed by atoms with Crippen LogP contribution in [0.1, 0.15) is 32.2 Å². The summed E-state index contributed by atoms with van der Waals surface area (Å²) < 4.78 is 89.8. The molecule has 0 atom stereocenters. The van der Waals surface area contributed by atoms with Gasteiger partial charge in [0.1, 0.15) is 0 Å². The molecule has 6 nitrogen and oxygen atoms in total. The lowest BCUT2D eigenvalue weighted by atomic mass is 10.1. The van der Waals surface area contributed by atoms with Crippen molar-refractivity contribution in [1.29, 1.82) is 0 Å². The van der Waals surface area contributed by atoms with E-state index in [1.165, 1.54) is 25.3 Å². The number of aliphatic imine (C=N–C) groups is 1. The third-order valence-electron chi connectivity index (χ3n) is 3.78. The Balaban J connectivity index is 2.37. The van der Waals surface area contributed by atoms with Gasteiger partial charge in [-0.3, -0.25) is 4.40 Å². The van der Waals surface area contributed by atoms with Crippen LogP contribution in [0.25, 0.3) is 11.2 Å². The Hall–Kier alpha value is -2.89. The second-order valence-electron chi connectivity index (χ2n) is 6.93. The highest BCUT2D eigenvalue weighted by atomic mass is 19.4. The number of hydrogen-bond acceptors (Lipinski definition) is 5. The second-order valence-corrected chi connectivity index (χ2v) is 6.93. The SMILES string of the molecule is C=N/C(OCC(F)(F)F)=C(F)\C=C(/C)c1ccc2nnc(C(F)(F)OCC(C)C)n2c1. The molecular weight excluding hydrogens is 430 g/mol. The Morgan fingerprint density at radius 1 is 1.23 bits per heavy atom. The molecule has 12 heteroatoms. The van der Waals surface area contributed by atoms with Crippen LogP contribution in [0.5, 0.6) is 0 Å². The van der Waals surface area contributed by atoms with Gasteiger partial charge in [0, 0.05) is 6.20 Å². The van der Waals surface area contributed by atoms with Crippen molar-refractivity contribution in [3.05, 3.63) is 47.5 Å². The summed E-state index contributed by atoms with van der Waals surface area (Å²) in [7, 11) is 0. The number of fused-ring (bicyclic) bond motifs is 1. The topological polar surface area (TPSA) is 61.0 Å². The molecule has 0 radical (unpaired) electrons. The average Bonchev–Trinajstić information content (AvgIpc) is 3.10. The standard InChI is InChI=1S/C19H20F6N4O2/c1-11(2)9-31-19(24,25)17-28-27-15-6-5-13(8-29(15)17)12(3)7-14(20)16(26-4)30-10-18(21,22)23/h5-8,11H,4,9-10H2,1-3H3/b12-7+,16-14-. The molecule has 0 aliphatic carbocycles. The van der Waals surface area contributed by atoms with Crippen molar-refractivity contribution in [2.75, 3.05) is 13.2 Å². The van der Waals surface area contributed by atoms with Gasteiger partial charge < -0.3 is 9.47 Å². The predicted molar refractivity (Wildman–Crippen MR) is 101 cm³/mol. The highest BCUT2D eigenvalue weighted by Gasteiger charge is 2.39. The number of hydrogen-bond donors (Lipinski definition) is 0. The zero-order valence-corrected chi connectivity index (χ0v) is 16.9. The van der Waals surface area contributed by atoms with Crippen LogP contribution >= 0.6 is 0 Å². The van der Waals surface area contributed by atoms with Crippen molar-refractivity contribution in [1.82, 2.24) is 14.6 Å². The van der Waals surface area contributed by atoms with Gasteiger partial charge in [-0.1, -0.05) is 13.8 Å². The van der Waals surface area contributed by atoms with E-state index in [0.717, 1.165) is 10.5 Å². The van der Waals surface area contributed by atoms with Crippen molar-refractivity contribution >= 4 is 17.9 Å². The van der Waals surface area contributed by atoms with E-state index >= 15 is 0 Å². The minimum absolute atomic E-state index is 0.0948. The first kappa shape index (κ1) is 24.4. The maximum absolute atomic E-state index is 14.4. The molecule has 0 amide bonds. The number of aromatic nitrogens is 3. The average molecular weight is 450 g/mol. The van der Waals surface area contributed by atoms with Gasteiger partial charge in [-0.2, -0.15) is 22.0 Å². The van der Waals surface area contributed by atoms with Gasteiger partial charge in [0.15, 0.2) is 18.1 Å². The van der Waals surface area contributed by atoms with Crippen LogP contribution in [-0.2, 0) is 15.6 Å². The monoisotopic (exact) mass is 450 g/mol. The molecule has 0 aliphatic rings. The Morgan fingerprint density at radius 2 is 1.90 bits per heavy atom. The van der Waals surface area contributed by atoms with E-state index in [1.807, 2.05) is 0 Å². The maximum Gasteiger partial charge on any atom is 0.422 e. The van der Waals surface area contributed by atoms with Gasteiger partial charge in [0.2, 0.25) is 11.7 Å². The number of nitrogens with zero attached hydrogens (tertiary/aromatic N) is 4. The largest absolute Gasteiger partial charge is 0.466 e. The van der Waals surface area contributed by atoms with Crippen LogP contribution in [0, 0.1) is 5.92 Å². The summed E-state index contributed by atoms with van der Waals surface area (Å²) in [5, 5.41) is 7.14. The van der Waals surface area contributed by atoms with Gasteiger partial charge in [0.05, 0.1) is 6.61 Å². The number of rotatable bonds is 9. The van der Waals surface area contributed by atoms with E-state index < -0.39 is 36.4 Å². The minimum Gasteiger partial charge on any atom is -0.466 e. The molecule has 170 valence electrons. The Labute approximate surface area is 173 Å². The molecule has 0 fully saturated rings. The third kappa shape index (κ3) is 6.54. The number of allylic oxidation sites excluding steroid dienone is 3. The Morgan fingerprint density at radius 3 is 2.48 bits per heavy atom. The molecule has 2 aromatic heterocycles. The van der Waals surface area contributed by atoms with Crippen LogP contribution in [-0.4, -0.2) is 40.7 Å². The molecule has 0 aliphatic heterocycles. The van der Waals surface area contributed by atoms with Gasteiger partial charge in [-0.25, -0.2) is 9.38 Å². The molecular formula is C19H20F6N4O2. The van der Waals surface area contributed by atoms with E-state index in [1.54, 1.807) is 13.8 Å². The summed E-state index contributed by atoms with van der Waals surface area (Å²) >= 11 is 0. The third-order valence-corrected chi connectivity index (χ3v) is 3.78. The Kier molecular flexibility index (Phi) is 7.47. The first-order valence-electron chi connectivity index (χ1n) is 8.96. The number of alkyl halides is 5. The molecule has 2 aromatic rings. The van der Waals surface area contributed by atoms with Crippen molar-refractivity contribution < 1.29 is 35.8 Å². The smallest absolute Gasteiger partial charge is 0.422 e. The van der Waals surface area contributed by atoms with Crippen molar-refractivity contribution in [3.8, 4) is 0 Å². The first-order chi connectivity index (χ1) is 14.3. The van der Waals surface area contributed by atoms with Crippen molar-refractivity contribution in [3.63, 3.8) is 0 Å². The highest BCUT2D eigenvalue weighted by molar-refractivity contribution is 5.66. The quantitative estimate of drug-likeness (QED) is 0.226. The fourth-order valence-corrected chi connectivity index (χ4v) is 2.33. The molecule has 0 saturated heterocycles. The predicted octanol–water partition coefficient (Wildman–Crippen LogP) is 5.27. The summed E-state index contributed by atoms with van der Waals surface area (Å²) in [5.41, 5.74) is 0.544. The number of ether oxygens (including phenoxy) is 2. The van der Waals surface area contributed by atoms with Crippen molar-refractivity contribution in [2.24, 2.45) is 10.9 Å². The van der Waals surface area contributed by atoms with E-state index in [0.29, 0.717) is 0 Å². The van der Waals surface area contributed by atoms with Crippen LogP contribution in [0.3, 0.4) is 0 Å². The van der Waals surface area contributed by atoms with Gasteiger partial charge in [-0.15, -0.1) is 10.2 Å². The van der Waals surface area contributed by atoms with Gasteiger partial charge in [0.25, 0.3) is 0 Å². The van der Waals surface area contributed by atoms with E-state index in [9.17, 15) is 26.3 Å². The lowest BCUT2D eigenvalue weighted by Gasteiger charge is -2.16. The van der Waals surface area contributed by atoms with Gasteiger partial charge >= 0.3 is 12.3 Å². The molecule has 2 heterocycles. The fourth-order valence-electron chi connectivity index (χ4n) is 2.33. The molecule has 31 heavy (non-hydrogen) atoms. The van der Waals surface area contributed by atoms with Gasteiger partial charge in [-0.05, 0) is 48.9 Å².